The Kier molecular flexibility index (Phi) is 4.61. The molecule has 108 valence electrons. The summed E-state index contributed by atoms with van der Waals surface area (Å²) >= 11 is 0. The van der Waals surface area contributed by atoms with Crippen LogP contribution in [-0.4, -0.2) is 41.6 Å². The number of carboxylic acid groups (broad SMARTS) is 1. The number of aliphatic carboxylic acids is 1. The average molecular weight is 276 g/mol. The zero-order chi connectivity index (χ0) is 14.5. The number of likely N-dealkylation sites (tertiary alicyclic amines) is 1. The number of nitrogens with zero attached hydrogens (tertiary/aromatic N) is 1. The van der Waals surface area contributed by atoms with Crippen molar-refractivity contribution in [3.63, 3.8) is 0 Å². The third kappa shape index (κ3) is 3.50. The van der Waals surface area contributed by atoms with Crippen molar-refractivity contribution in [2.24, 2.45) is 5.92 Å². The summed E-state index contributed by atoms with van der Waals surface area (Å²) in [4.78, 5) is 23.9. The predicted molar refractivity (Wildman–Crippen MR) is 75.6 cm³/mol. The average Bonchev–Trinajstić information content (AvgIpc) is 2.37. The highest BCUT2D eigenvalue weighted by Crippen LogP contribution is 2.18. The minimum absolute atomic E-state index is 0.164. The number of hydrogen-bond donors (Lipinski definition) is 2. The molecule has 1 fully saturated rings. The topological polar surface area (TPSA) is 69.6 Å². The van der Waals surface area contributed by atoms with Gasteiger partial charge in [-0.2, -0.15) is 0 Å². The second-order valence-electron chi connectivity index (χ2n) is 5.27. The number of carboxylic acids is 1. The van der Waals surface area contributed by atoms with Gasteiger partial charge in [-0.1, -0.05) is 37.3 Å². The Morgan fingerprint density at radius 2 is 2.00 bits per heavy atom. The Balaban J connectivity index is 1.66. The van der Waals surface area contributed by atoms with Crippen LogP contribution in [0.1, 0.15) is 24.8 Å². The van der Waals surface area contributed by atoms with Crippen molar-refractivity contribution in [3.8, 4) is 0 Å². The van der Waals surface area contributed by atoms with Gasteiger partial charge in [-0.05, 0) is 17.9 Å². The van der Waals surface area contributed by atoms with Crippen LogP contribution < -0.4 is 5.32 Å². The number of nitrogens with one attached hydrogen (secondary N) is 1. The smallest absolute Gasteiger partial charge is 0.317 e. The Morgan fingerprint density at radius 3 is 2.60 bits per heavy atom. The third-order valence-electron chi connectivity index (χ3n) is 3.74. The molecule has 0 saturated carbocycles. The molecular formula is C15H20N2O3. The van der Waals surface area contributed by atoms with Crippen molar-refractivity contribution in [3.05, 3.63) is 35.9 Å². The fourth-order valence-electron chi connectivity index (χ4n) is 2.26. The zero-order valence-electron chi connectivity index (χ0n) is 11.6. The van der Waals surface area contributed by atoms with Gasteiger partial charge >= 0.3 is 12.0 Å². The highest BCUT2D eigenvalue weighted by atomic mass is 16.4. The lowest BCUT2D eigenvalue weighted by molar-refractivity contribution is -0.146. The molecule has 5 heteroatoms. The van der Waals surface area contributed by atoms with E-state index in [1.807, 2.05) is 18.2 Å². The number of rotatable bonds is 5. The van der Waals surface area contributed by atoms with Crippen LogP contribution in [0.4, 0.5) is 4.79 Å². The van der Waals surface area contributed by atoms with E-state index in [0.29, 0.717) is 25.6 Å². The number of carbonyl (C=O) groups excluding carboxylic acids is 1. The number of carbonyl (C=O) groups is 2. The summed E-state index contributed by atoms with van der Waals surface area (Å²) in [5, 5.41) is 11.6. The first kappa shape index (κ1) is 14.4. The fraction of sp³-hybridized carbons (Fsp3) is 0.467. The van der Waals surface area contributed by atoms with E-state index >= 15 is 0 Å². The fourth-order valence-corrected chi connectivity index (χ4v) is 2.26. The van der Waals surface area contributed by atoms with Crippen molar-refractivity contribution in [2.45, 2.75) is 19.3 Å². The van der Waals surface area contributed by atoms with E-state index in [-0.39, 0.29) is 6.03 Å². The lowest BCUT2D eigenvalue weighted by Crippen LogP contribution is -2.56. The SMILES string of the molecule is CC(CCNC(=O)N1CC(C(=O)O)C1)c1ccccc1. The molecule has 5 nitrogen and oxygen atoms in total. The molecule has 2 amide bonds. The van der Waals surface area contributed by atoms with Crippen molar-refractivity contribution in [1.29, 1.82) is 0 Å². The summed E-state index contributed by atoms with van der Waals surface area (Å²) < 4.78 is 0. The summed E-state index contributed by atoms with van der Waals surface area (Å²) in [5.74, 6) is -0.838. The van der Waals surface area contributed by atoms with E-state index in [2.05, 4.69) is 24.4 Å². The highest BCUT2D eigenvalue weighted by molar-refractivity contribution is 5.79. The van der Waals surface area contributed by atoms with E-state index in [1.54, 1.807) is 0 Å². The predicted octanol–water partition coefficient (Wildman–Crippen LogP) is 1.91. The van der Waals surface area contributed by atoms with Gasteiger partial charge < -0.3 is 15.3 Å². The number of benzene rings is 1. The van der Waals surface area contributed by atoms with Gasteiger partial charge in [0.2, 0.25) is 0 Å². The van der Waals surface area contributed by atoms with Crippen molar-refractivity contribution < 1.29 is 14.7 Å². The highest BCUT2D eigenvalue weighted by Gasteiger charge is 2.35. The molecule has 20 heavy (non-hydrogen) atoms. The minimum Gasteiger partial charge on any atom is -0.481 e. The first-order valence-electron chi connectivity index (χ1n) is 6.88. The molecule has 1 heterocycles. The van der Waals surface area contributed by atoms with Crippen molar-refractivity contribution in [1.82, 2.24) is 10.2 Å². The largest absolute Gasteiger partial charge is 0.481 e. The molecule has 1 saturated heterocycles. The van der Waals surface area contributed by atoms with Gasteiger partial charge in [-0.3, -0.25) is 4.79 Å². The maximum atomic E-state index is 11.7. The van der Waals surface area contributed by atoms with E-state index < -0.39 is 11.9 Å². The van der Waals surface area contributed by atoms with Gasteiger partial charge in [0, 0.05) is 19.6 Å². The van der Waals surface area contributed by atoms with Crippen LogP contribution in [0.3, 0.4) is 0 Å². The standard InChI is InChI=1S/C15H20N2O3/c1-11(12-5-3-2-4-6-12)7-8-16-15(20)17-9-13(10-17)14(18)19/h2-6,11,13H,7-10H2,1H3,(H,16,20)(H,18,19). The molecule has 1 aromatic rings. The molecule has 0 bridgehead atoms. The molecule has 2 N–H and O–H groups in total. The third-order valence-corrected chi connectivity index (χ3v) is 3.74. The Bertz CT molecular complexity index is 469. The summed E-state index contributed by atoms with van der Waals surface area (Å²) in [6.45, 7) is 3.36. The van der Waals surface area contributed by atoms with E-state index in [1.165, 1.54) is 10.5 Å². The lowest BCUT2D eigenvalue weighted by Gasteiger charge is -2.36. The first-order chi connectivity index (χ1) is 9.58. The number of amides is 2. The van der Waals surface area contributed by atoms with E-state index in [9.17, 15) is 9.59 Å². The Hall–Kier alpha value is -2.04. The van der Waals surface area contributed by atoms with Crippen LogP contribution in [0.2, 0.25) is 0 Å². The van der Waals surface area contributed by atoms with Crippen molar-refractivity contribution in [2.75, 3.05) is 19.6 Å². The second kappa shape index (κ2) is 6.41. The first-order valence-corrected chi connectivity index (χ1v) is 6.88. The molecule has 0 radical (unpaired) electrons. The Labute approximate surface area is 118 Å². The van der Waals surface area contributed by atoms with E-state index in [0.717, 1.165) is 6.42 Å². The quantitative estimate of drug-likeness (QED) is 0.863. The molecule has 1 aliphatic heterocycles. The summed E-state index contributed by atoms with van der Waals surface area (Å²) in [7, 11) is 0. The number of urea groups is 1. The van der Waals surface area contributed by atoms with Crippen LogP contribution >= 0.6 is 0 Å². The van der Waals surface area contributed by atoms with Gasteiger partial charge in [0.1, 0.15) is 0 Å². The summed E-state index contributed by atoms with van der Waals surface area (Å²) in [6, 6.07) is 10.0. The lowest BCUT2D eigenvalue weighted by atomic mass is 9.98. The van der Waals surface area contributed by atoms with Crippen LogP contribution in [0.15, 0.2) is 30.3 Å². The molecule has 2 rings (SSSR count). The molecule has 0 aliphatic carbocycles. The zero-order valence-corrected chi connectivity index (χ0v) is 11.6. The maximum absolute atomic E-state index is 11.7. The van der Waals surface area contributed by atoms with Crippen LogP contribution in [0, 0.1) is 5.92 Å². The van der Waals surface area contributed by atoms with Gasteiger partial charge in [-0.25, -0.2) is 4.79 Å². The molecule has 0 spiro atoms. The summed E-state index contributed by atoms with van der Waals surface area (Å²) in [5.41, 5.74) is 1.26. The van der Waals surface area contributed by atoms with Gasteiger partial charge in [-0.15, -0.1) is 0 Å². The molecule has 1 unspecified atom stereocenters. The van der Waals surface area contributed by atoms with Crippen LogP contribution in [0.5, 0.6) is 0 Å². The van der Waals surface area contributed by atoms with E-state index in [4.69, 9.17) is 5.11 Å². The van der Waals surface area contributed by atoms with Crippen LogP contribution in [0.25, 0.3) is 0 Å². The summed E-state index contributed by atoms with van der Waals surface area (Å²) in [6.07, 6.45) is 0.867. The van der Waals surface area contributed by atoms with Gasteiger partial charge in [0.05, 0.1) is 5.92 Å². The van der Waals surface area contributed by atoms with Gasteiger partial charge in [0.25, 0.3) is 0 Å². The normalized spacial score (nSPS) is 16.4. The van der Waals surface area contributed by atoms with Gasteiger partial charge in [0.15, 0.2) is 0 Å². The number of hydrogen-bond acceptors (Lipinski definition) is 2. The monoisotopic (exact) mass is 276 g/mol. The maximum Gasteiger partial charge on any atom is 0.317 e. The van der Waals surface area contributed by atoms with Crippen molar-refractivity contribution >= 4 is 12.0 Å². The molecule has 1 aromatic carbocycles. The van der Waals surface area contributed by atoms with Crippen LogP contribution in [-0.2, 0) is 4.79 Å². The Morgan fingerprint density at radius 1 is 1.35 bits per heavy atom. The molecule has 0 aromatic heterocycles. The molecule has 1 atom stereocenters. The minimum atomic E-state index is -0.827. The molecular weight excluding hydrogens is 256 g/mol. The molecule has 1 aliphatic rings. The second-order valence-corrected chi connectivity index (χ2v) is 5.27.